The zero-order valence-electron chi connectivity index (χ0n) is 9.68. The van der Waals surface area contributed by atoms with Gasteiger partial charge in [-0.3, -0.25) is 0 Å². The van der Waals surface area contributed by atoms with E-state index >= 15 is 0 Å². The first-order valence-corrected chi connectivity index (χ1v) is 6.02. The first-order chi connectivity index (χ1) is 7.65. The molecule has 0 fully saturated rings. The van der Waals surface area contributed by atoms with E-state index in [1.54, 1.807) is 0 Å². The van der Waals surface area contributed by atoms with Gasteiger partial charge in [-0.2, -0.15) is 0 Å². The lowest BCUT2D eigenvalue weighted by Crippen LogP contribution is -2.32. The van der Waals surface area contributed by atoms with Gasteiger partial charge >= 0.3 is 0 Å². The summed E-state index contributed by atoms with van der Waals surface area (Å²) >= 11 is 5.67. The van der Waals surface area contributed by atoms with E-state index in [1.165, 1.54) is 16.5 Å². The minimum atomic E-state index is 0.0779. The second-order valence-corrected chi connectivity index (χ2v) is 4.96. The average Bonchev–Trinajstić information content (AvgIpc) is 2.71. The highest BCUT2D eigenvalue weighted by molar-refractivity contribution is 6.17. The van der Waals surface area contributed by atoms with Crippen molar-refractivity contribution in [2.75, 3.05) is 12.5 Å². The standard InChI is InChI=1S/C13H17ClN2/c1-13(2,8-15-9-14)11-7-16-12-6-4-3-5-10(11)12/h3-7,15-16H,8-9H2,1-2H3. The molecule has 2 N–H and O–H groups in total. The Bertz CT molecular complexity index is 473. The van der Waals surface area contributed by atoms with Gasteiger partial charge in [-0.15, -0.1) is 11.6 Å². The predicted octanol–water partition coefficient (Wildman–Crippen LogP) is 3.23. The summed E-state index contributed by atoms with van der Waals surface area (Å²) in [5.74, 6) is 0. The van der Waals surface area contributed by atoms with Crippen molar-refractivity contribution in [3.63, 3.8) is 0 Å². The van der Waals surface area contributed by atoms with E-state index in [2.05, 4.69) is 48.5 Å². The molecular weight excluding hydrogens is 220 g/mol. The molecule has 2 nitrogen and oxygen atoms in total. The highest BCUT2D eigenvalue weighted by atomic mass is 35.5. The molecule has 0 bridgehead atoms. The van der Waals surface area contributed by atoms with Crippen LogP contribution in [0, 0.1) is 0 Å². The van der Waals surface area contributed by atoms with Crippen molar-refractivity contribution in [2.24, 2.45) is 0 Å². The number of alkyl halides is 1. The van der Waals surface area contributed by atoms with E-state index in [1.807, 2.05) is 6.07 Å². The average molecular weight is 237 g/mol. The molecule has 86 valence electrons. The molecule has 0 aliphatic heterocycles. The number of halogens is 1. The number of nitrogens with one attached hydrogen (secondary N) is 2. The van der Waals surface area contributed by atoms with Crippen molar-refractivity contribution in [1.29, 1.82) is 0 Å². The largest absolute Gasteiger partial charge is 0.361 e. The highest BCUT2D eigenvalue weighted by Crippen LogP contribution is 2.29. The normalized spacial score (nSPS) is 12.2. The lowest BCUT2D eigenvalue weighted by Gasteiger charge is -2.24. The number of para-hydroxylation sites is 1. The molecule has 16 heavy (non-hydrogen) atoms. The molecule has 2 rings (SSSR count). The number of benzene rings is 1. The monoisotopic (exact) mass is 236 g/mol. The van der Waals surface area contributed by atoms with Gasteiger partial charge in [0.15, 0.2) is 0 Å². The molecule has 1 aromatic heterocycles. The van der Waals surface area contributed by atoms with Crippen molar-refractivity contribution >= 4 is 22.5 Å². The summed E-state index contributed by atoms with van der Waals surface area (Å²) in [6.45, 7) is 5.32. The van der Waals surface area contributed by atoms with Crippen LogP contribution in [0.1, 0.15) is 19.4 Å². The van der Waals surface area contributed by atoms with Crippen molar-refractivity contribution in [3.05, 3.63) is 36.0 Å². The minimum absolute atomic E-state index is 0.0779. The first-order valence-electron chi connectivity index (χ1n) is 5.48. The lowest BCUT2D eigenvalue weighted by atomic mass is 9.84. The van der Waals surface area contributed by atoms with Crippen LogP contribution in [-0.4, -0.2) is 17.5 Å². The summed E-state index contributed by atoms with van der Waals surface area (Å²) in [5, 5.41) is 4.49. The van der Waals surface area contributed by atoms with E-state index < -0.39 is 0 Å². The van der Waals surface area contributed by atoms with Gasteiger partial charge in [0.05, 0.1) is 6.00 Å². The SMILES string of the molecule is CC(C)(CNCCl)c1c[nH]c2ccccc12. The molecule has 2 aromatic rings. The summed E-state index contributed by atoms with van der Waals surface area (Å²) in [6, 6.07) is 8.87. The third kappa shape index (κ3) is 2.08. The number of hydrogen-bond donors (Lipinski definition) is 2. The summed E-state index contributed by atoms with van der Waals surface area (Å²) in [5.41, 5.74) is 2.60. The first kappa shape index (κ1) is 11.5. The van der Waals surface area contributed by atoms with Gasteiger partial charge in [-0.1, -0.05) is 32.0 Å². The van der Waals surface area contributed by atoms with Gasteiger partial charge in [-0.25, -0.2) is 0 Å². The molecule has 0 amide bonds. The Kier molecular flexibility index (Phi) is 3.22. The quantitative estimate of drug-likeness (QED) is 0.619. The predicted molar refractivity (Wildman–Crippen MR) is 70.0 cm³/mol. The summed E-state index contributed by atoms with van der Waals surface area (Å²) in [4.78, 5) is 3.31. The minimum Gasteiger partial charge on any atom is -0.361 e. The number of H-pyrrole nitrogens is 1. The fraction of sp³-hybridized carbons (Fsp3) is 0.385. The van der Waals surface area contributed by atoms with Crippen LogP contribution in [0.2, 0.25) is 0 Å². The van der Waals surface area contributed by atoms with Gasteiger partial charge < -0.3 is 10.3 Å². The maximum atomic E-state index is 5.67. The van der Waals surface area contributed by atoms with Gasteiger partial charge in [0.1, 0.15) is 0 Å². The lowest BCUT2D eigenvalue weighted by molar-refractivity contribution is 0.493. The number of fused-ring (bicyclic) bond motifs is 1. The fourth-order valence-corrected chi connectivity index (χ4v) is 2.18. The van der Waals surface area contributed by atoms with Crippen LogP contribution in [0.25, 0.3) is 10.9 Å². The molecule has 0 radical (unpaired) electrons. The molecule has 0 aliphatic carbocycles. The second-order valence-electron chi connectivity index (χ2n) is 4.69. The Labute approximate surface area is 101 Å². The number of hydrogen-bond acceptors (Lipinski definition) is 1. The maximum absolute atomic E-state index is 5.67. The van der Waals surface area contributed by atoms with E-state index in [0.717, 1.165) is 6.54 Å². The van der Waals surface area contributed by atoms with E-state index in [-0.39, 0.29) is 5.41 Å². The Morgan fingerprint density at radius 2 is 2.06 bits per heavy atom. The van der Waals surface area contributed by atoms with Crippen LogP contribution in [0.5, 0.6) is 0 Å². The Hall–Kier alpha value is -0.990. The molecule has 0 unspecified atom stereocenters. The number of aromatic nitrogens is 1. The zero-order chi connectivity index (χ0) is 11.6. The summed E-state index contributed by atoms with van der Waals surface area (Å²) < 4.78 is 0. The number of aromatic amines is 1. The Balaban J connectivity index is 2.38. The smallest absolute Gasteiger partial charge is 0.0713 e. The van der Waals surface area contributed by atoms with E-state index in [9.17, 15) is 0 Å². The molecule has 1 aromatic carbocycles. The fourth-order valence-electron chi connectivity index (χ4n) is 2.09. The summed E-state index contributed by atoms with van der Waals surface area (Å²) in [6.07, 6.45) is 2.10. The third-order valence-corrected chi connectivity index (χ3v) is 3.17. The van der Waals surface area contributed by atoms with Crippen molar-refractivity contribution < 1.29 is 0 Å². The highest BCUT2D eigenvalue weighted by Gasteiger charge is 2.23. The van der Waals surface area contributed by atoms with E-state index in [4.69, 9.17) is 11.6 Å². The third-order valence-electron chi connectivity index (χ3n) is 2.98. The topological polar surface area (TPSA) is 27.8 Å². The van der Waals surface area contributed by atoms with Crippen LogP contribution in [0.15, 0.2) is 30.5 Å². The van der Waals surface area contributed by atoms with Gasteiger partial charge in [0, 0.05) is 29.1 Å². The number of rotatable bonds is 4. The molecule has 0 aliphatic rings. The van der Waals surface area contributed by atoms with Gasteiger partial charge in [-0.05, 0) is 11.6 Å². The van der Waals surface area contributed by atoms with Crippen LogP contribution in [-0.2, 0) is 5.41 Å². The molecule has 0 saturated heterocycles. The van der Waals surface area contributed by atoms with Crippen molar-refractivity contribution in [2.45, 2.75) is 19.3 Å². The Morgan fingerprint density at radius 1 is 1.31 bits per heavy atom. The summed E-state index contributed by atoms with van der Waals surface area (Å²) in [7, 11) is 0. The van der Waals surface area contributed by atoms with Gasteiger partial charge in [0.25, 0.3) is 0 Å². The Morgan fingerprint density at radius 3 is 2.81 bits per heavy atom. The van der Waals surface area contributed by atoms with Crippen LogP contribution >= 0.6 is 11.6 Å². The molecule has 0 atom stereocenters. The van der Waals surface area contributed by atoms with Gasteiger partial charge in [0.2, 0.25) is 0 Å². The van der Waals surface area contributed by atoms with Crippen LogP contribution in [0.3, 0.4) is 0 Å². The molecule has 1 heterocycles. The van der Waals surface area contributed by atoms with Crippen molar-refractivity contribution in [3.8, 4) is 0 Å². The molecule has 0 spiro atoms. The van der Waals surface area contributed by atoms with Crippen LogP contribution < -0.4 is 5.32 Å². The molecule has 0 saturated carbocycles. The van der Waals surface area contributed by atoms with Crippen LogP contribution in [0.4, 0.5) is 0 Å². The van der Waals surface area contributed by atoms with Crippen molar-refractivity contribution in [1.82, 2.24) is 10.3 Å². The maximum Gasteiger partial charge on any atom is 0.0713 e. The zero-order valence-corrected chi connectivity index (χ0v) is 10.4. The molecular formula is C13H17ClN2. The molecule has 3 heteroatoms. The van der Waals surface area contributed by atoms with E-state index in [0.29, 0.717) is 6.00 Å². The second kappa shape index (κ2) is 4.48.